The van der Waals surface area contributed by atoms with Gasteiger partial charge in [0.1, 0.15) is 9.52 Å². The quantitative estimate of drug-likeness (QED) is 0.746. The first-order valence-electron chi connectivity index (χ1n) is 5.01. The molecule has 0 aromatic carbocycles. The van der Waals surface area contributed by atoms with Gasteiger partial charge in [-0.25, -0.2) is 9.97 Å². The molecule has 0 N–H and O–H groups in total. The van der Waals surface area contributed by atoms with Crippen LogP contribution in [0.2, 0.25) is 0 Å². The summed E-state index contributed by atoms with van der Waals surface area (Å²) in [4.78, 5) is 11.0. The molecule has 0 bridgehead atoms. The van der Waals surface area contributed by atoms with E-state index in [1.807, 2.05) is 12.4 Å². The molecule has 0 spiro atoms. The molecule has 4 heteroatoms. The largest absolute Gasteiger partial charge is 0.353 e. The van der Waals surface area contributed by atoms with E-state index in [2.05, 4.69) is 44.4 Å². The van der Waals surface area contributed by atoms with Gasteiger partial charge in [-0.1, -0.05) is 0 Å². The first kappa shape index (κ1) is 10.1. The van der Waals surface area contributed by atoms with Crippen molar-refractivity contribution >= 4 is 28.4 Å². The van der Waals surface area contributed by atoms with E-state index < -0.39 is 0 Å². The Kier molecular flexibility index (Phi) is 3.20. The minimum absolute atomic E-state index is 0.609. The van der Waals surface area contributed by atoms with Crippen molar-refractivity contribution in [2.75, 3.05) is 11.4 Å². The zero-order valence-corrected chi connectivity index (χ0v) is 10.4. The number of aromatic nitrogens is 2. The van der Waals surface area contributed by atoms with Gasteiger partial charge < -0.3 is 4.90 Å². The Labute approximate surface area is 98.1 Å². The third kappa shape index (κ3) is 2.16. The Morgan fingerprint density at radius 2 is 2.21 bits per heavy atom. The average molecular weight is 303 g/mol. The van der Waals surface area contributed by atoms with Crippen LogP contribution in [0.5, 0.6) is 0 Å². The van der Waals surface area contributed by atoms with Gasteiger partial charge in [-0.3, -0.25) is 0 Å². The molecular formula is C10H14IN3. The fourth-order valence-corrected chi connectivity index (χ4v) is 2.17. The standard InChI is InChI=1S/C10H14IN3/c1-8-4-2-3-5-14(8)10-7-12-9(11)6-13-10/h6-8H,2-5H2,1H3. The SMILES string of the molecule is CC1CCCCN1c1cnc(I)cn1. The van der Waals surface area contributed by atoms with Crippen molar-refractivity contribution in [1.29, 1.82) is 0 Å². The second-order valence-electron chi connectivity index (χ2n) is 3.74. The summed E-state index contributed by atoms with van der Waals surface area (Å²) in [6.07, 6.45) is 7.60. The Balaban J connectivity index is 2.16. The fourth-order valence-electron chi connectivity index (χ4n) is 1.89. The van der Waals surface area contributed by atoms with Gasteiger partial charge in [-0.05, 0) is 48.8 Å². The predicted molar refractivity (Wildman–Crippen MR) is 65.4 cm³/mol. The molecule has 1 atom stereocenters. The molecule has 1 fully saturated rings. The van der Waals surface area contributed by atoms with Gasteiger partial charge in [-0.2, -0.15) is 0 Å². The van der Waals surface area contributed by atoms with Crippen LogP contribution in [0.3, 0.4) is 0 Å². The fraction of sp³-hybridized carbons (Fsp3) is 0.600. The summed E-state index contributed by atoms with van der Waals surface area (Å²) in [5.41, 5.74) is 0. The van der Waals surface area contributed by atoms with Crippen LogP contribution in [-0.2, 0) is 0 Å². The van der Waals surface area contributed by atoms with Crippen LogP contribution in [0.1, 0.15) is 26.2 Å². The van der Waals surface area contributed by atoms with E-state index in [1.54, 1.807) is 0 Å². The highest BCUT2D eigenvalue weighted by Gasteiger charge is 2.19. The summed E-state index contributed by atoms with van der Waals surface area (Å²) in [5, 5.41) is 0. The summed E-state index contributed by atoms with van der Waals surface area (Å²) in [7, 11) is 0. The maximum atomic E-state index is 4.41. The molecule has 0 saturated carbocycles. The highest BCUT2D eigenvalue weighted by atomic mass is 127. The number of halogens is 1. The minimum Gasteiger partial charge on any atom is -0.353 e. The molecule has 1 saturated heterocycles. The zero-order valence-electron chi connectivity index (χ0n) is 8.28. The van der Waals surface area contributed by atoms with Gasteiger partial charge in [0.2, 0.25) is 0 Å². The number of hydrogen-bond acceptors (Lipinski definition) is 3. The first-order chi connectivity index (χ1) is 6.77. The molecule has 14 heavy (non-hydrogen) atoms. The topological polar surface area (TPSA) is 29.0 Å². The number of nitrogens with zero attached hydrogens (tertiary/aromatic N) is 3. The van der Waals surface area contributed by atoms with Crippen molar-refractivity contribution in [3.05, 3.63) is 16.1 Å². The molecule has 0 aliphatic carbocycles. The molecule has 1 aromatic rings. The van der Waals surface area contributed by atoms with Crippen molar-refractivity contribution in [3.8, 4) is 0 Å². The molecule has 76 valence electrons. The number of anilines is 1. The van der Waals surface area contributed by atoms with Gasteiger partial charge in [-0.15, -0.1) is 0 Å². The summed E-state index contributed by atoms with van der Waals surface area (Å²) in [6, 6.07) is 0.609. The second kappa shape index (κ2) is 4.42. The van der Waals surface area contributed by atoms with E-state index in [4.69, 9.17) is 0 Å². The van der Waals surface area contributed by atoms with Gasteiger partial charge in [0.25, 0.3) is 0 Å². The van der Waals surface area contributed by atoms with Crippen LogP contribution in [0.25, 0.3) is 0 Å². The molecule has 1 unspecified atom stereocenters. The lowest BCUT2D eigenvalue weighted by Gasteiger charge is -2.34. The molecular weight excluding hydrogens is 289 g/mol. The molecule has 1 aliphatic rings. The number of rotatable bonds is 1. The van der Waals surface area contributed by atoms with Gasteiger partial charge in [0.05, 0.1) is 12.4 Å². The van der Waals surface area contributed by atoms with E-state index in [-0.39, 0.29) is 0 Å². The third-order valence-electron chi connectivity index (χ3n) is 2.70. The summed E-state index contributed by atoms with van der Waals surface area (Å²) < 4.78 is 0.955. The maximum Gasteiger partial charge on any atom is 0.147 e. The normalized spacial score (nSPS) is 22.4. The van der Waals surface area contributed by atoms with Gasteiger partial charge >= 0.3 is 0 Å². The third-order valence-corrected chi connectivity index (χ3v) is 3.26. The Morgan fingerprint density at radius 3 is 2.86 bits per heavy atom. The summed E-state index contributed by atoms with van der Waals surface area (Å²) in [6.45, 7) is 3.38. The van der Waals surface area contributed by atoms with Gasteiger partial charge in [0, 0.05) is 12.6 Å². The van der Waals surface area contributed by atoms with E-state index in [0.717, 1.165) is 16.1 Å². The smallest absolute Gasteiger partial charge is 0.147 e. The van der Waals surface area contributed by atoms with Crippen LogP contribution in [-0.4, -0.2) is 22.6 Å². The highest BCUT2D eigenvalue weighted by Crippen LogP contribution is 2.21. The summed E-state index contributed by atoms with van der Waals surface area (Å²) >= 11 is 2.18. The number of hydrogen-bond donors (Lipinski definition) is 0. The Bertz CT molecular complexity index is 299. The van der Waals surface area contributed by atoms with E-state index in [0.29, 0.717) is 6.04 Å². The highest BCUT2D eigenvalue weighted by molar-refractivity contribution is 14.1. The molecule has 2 heterocycles. The molecule has 3 nitrogen and oxygen atoms in total. The van der Waals surface area contributed by atoms with Crippen LogP contribution in [0.4, 0.5) is 5.82 Å². The van der Waals surface area contributed by atoms with Crippen molar-refractivity contribution in [2.24, 2.45) is 0 Å². The molecule has 0 amide bonds. The lowest BCUT2D eigenvalue weighted by atomic mass is 10.0. The van der Waals surface area contributed by atoms with Crippen LogP contribution in [0, 0.1) is 3.70 Å². The van der Waals surface area contributed by atoms with E-state index >= 15 is 0 Å². The van der Waals surface area contributed by atoms with E-state index in [9.17, 15) is 0 Å². The molecule has 0 radical (unpaired) electrons. The lowest BCUT2D eigenvalue weighted by molar-refractivity contribution is 0.480. The molecule has 2 rings (SSSR count). The zero-order chi connectivity index (χ0) is 9.97. The second-order valence-corrected chi connectivity index (χ2v) is 4.84. The minimum atomic E-state index is 0.609. The van der Waals surface area contributed by atoms with E-state index in [1.165, 1.54) is 19.3 Å². The van der Waals surface area contributed by atoms with Crippen molar-refractivity contribution < 1.29 is 0 Å². The predicted octanol–water partition coefficient (Wildman–Crippen LogP) is 2.46. The van der Waals surface area contributed by atoms with Crippen molar-refractivity contribution in [1.82, 2.24) is 9.97 Å². The Hall–Kier alpha value is -0.390. The van der Waals surface area contributed by atoms with Crippen molar-refractivity contribution in [3.63, 3.8) is 0 Å². The summed E-state index contributed by atoms with van der Waals surface area (Å²) in [5.74, 6) is 1.03. The average Bonchev–Trinajstić information content (AvgIpc) is 2.20. The molecule has 1 aromatic heterocycles. The van der Waals surface area contributed by atoms with Crippen LogP contribution >= 0.6 is 22.6 Å². The first-order valence-corrected chi connectivity index (χ1v) is 6.09. The van der Waals surface area contributed by atoms with Crippen LogP contribution < -0.4 is 4.90 Å². The van der Waals surface area contributed by atoms with Crippen LogP contribution in [0.15, 0.2) is 12.4 Å². The maximum absolute atomic E-state index is 4.41. The molecule has 1 aliphatic heterocycles. The Morgan fingerprint density at radius 1 is 1.36 bits per heavy atom. The van der Waals surface area contributed by atoms with Gasteiger partial charge in [0.15, 0.2) is 0 Å². The monoisotopic (exact) mass is 303 g/mol. The lowest BCUT2D eigenvalue weighted by Crippen LogP contribution is -2.38. The number of piperidine rings is 1. The van der Waals surface area contributed by atoms with Crippen molar-refractivity contribution in [2.45, 2.75) is 32.2 Å².